The minimum atomic E-state index is -1.19. The van der Waals surface area contributed by atoms with E-state index in [1.54, 1.807) is 12.1 Å². The Balaban J connectivity index is 2.06. The Labute approximate surface area is 190 Å². The van der Waals surface area contributed by atoms with Crippen molar-refractivity contribution in [2.24, 2.45) is 5.84 Å². The topological polar surface area (TPSA) is 92.4 Å². The van der Waals surface area contributed by atoms with Crippen LogP contribution < -0.4 is 11.3 Å². The molecule has 1 amide bonds. The number of nitrogens with two attached hydrogens (primary N) is 1. The largest absolute Gasteiger partial charge is 0.478 e. The third-order valence-corrected chi connectivity index (χ3v) is 5.89. The fourth-order valence-electron chi connectivity index (χ4n) is 4.50. The number of nitrogen functional groups attached to an aromatic ring is 1. The van der Waals surface area contributed by atoms with E-state index in [1.165, 1.54) is 0 Å². The monoisotopic (exact) mass is 432 g/mol. The van der Waals surface area contributed by atoms with E-state index in [-0.39, 0.29) is 11.1 Å². The lowest BCUT2D eigenvalue weighted by Crippen LogP contribution is -2.31. The van der Waals surface area contributed by atoms with Crippen molar-refractivity contribution in [2.45, 2.75) is 0 Å². The highest BCUT2D eigenvalue weighted by atomic mass is 16.4. The lowest BCUT2D eigenvalue weighted by molar-refractivity contribution is 0.0691. The molecule has 5 nitrogen and oxygen atoms in total. The van der Waals surface area contributed by atoms with Gasteiger partial charge in [-0.05, 0) is 55.9 Å². The highest BCUT2D eigenvalue weighted by Gasteiger charge is 2.23. The van der Waals surface area contributed by atoms with E-state index in [0.717, 1.165) is 43.8 Å². The maximum atomic E-state index is 12.5. The Morgan fingerprint density at radius 1 is 0.606 bits per heavy atom. The van der Waals surface area contributed by atoms with Crippen LogP contribution in [0.5, 0.6) is 0 Å². The average Bonchev–Trinajstić information content (AvgIpc) is 2.86. The van der Waals surface area contributed by atoms with E-state index in [4.69, 9.17) is 5.84 Å². The second kappa shape index (κ2) is 8.22. The molecule has 160 valence electrons. The molecule has 0 radical (unpaired) electrons. The van der Waals surface area contributed by atoms with Crippen LogP contribution in [0.1, 0.15) is 20.7 Å². The number of benzene rings is 5. The maximum absolute atomic E-state index is 12.5. The summed E-state index contributed by atoms with van der Waals surface area (Å²) in [6, 6.07) is 31.0. The standard InChI is InChI=1S/C28H20N2O3/c29-30-27(31)23-15-21-22(16-24(23)28(32)33)26(18-11-5-2-6-12-18)20-14-8-7-13-19(20)25(21)17-9-3-1-4-10-17/h1-16H,29H2,(H,30,31)(H,32,33). The van der Waals surface area contributed by atoms with Gasteiger partial charge in [-0.25, -0.2) is 10.6 Å². The van der Waals surface area contributed by atoms with Gasteiger partial charge in [0.2, 0.25) is 0 Å². The Bertz CT molecular complexity index is 1530. The van der Waals surface area contributed by atoms with Crippen LogP contribution in [-0.4, -0.2) is 17.0 Å². The first-order valence-electron chi connectivity index (χ1n) is 10.5. The zero-order chi connectivity index (χ0) is 22.9. The number of carbonyl (C=O) groups is 2. The first kappa shape index (κ1) is 20.4. The van der Waals surface area contributed by atoms with Crippen molar-refractivity contribution >= 4 is 33.4 Å². The molecule has 0 aliphatic carbocycles. The minimum absolute atomic E-state index is 0.0176. The Morgan fingerprint density at radius 3 is 1.45 bits per heavy atom. The van der Waals surface area contributed by atoms with Crippen molar-refractivity contribution in [3.8, 4) is 22.3 Å². The van der Waals surface area contributed by atoms with Gasteiger partial charge in [0.15, 0.2) is 0 Å². The van der Waals surface area contributed by atoms with Gasteiger partial charge >= 0.3 is 5.97 Å². The molecule has 0 aliphatic heterocycles. The summed E-state index contributed by atoms with van der Waals surface area (Å²) in [4.78, 5) is 24.7. The number of carboxylic acid groups (broad SMARTS) is 1. The molecule has 0 saturated carbocycles. The summed E-state index contributed by atoms with van der Waals surface area (Å²) in [5, 5.41) is 13.5. The summed E-state index contributed by atoms with van der Waals surface area (Å²) in [5.74, 6) is 3.54. The molecule has 0 atom stereocenters. The van der Waals surface area contributed by atoms with Crippen molar-refractivity contribution in [1.29, 1.82) is 0 Å². The second-order valence-electron chi connectivity index (χ2n) is 7.75. The average molecular weight is 432 g/mol. The summed E-state index contributed by atoms with van der Waals surface area (Å²) < 4.78 is 0. The fourth-order valence-corrected chi connectivity index (χ4v) is 4.50. The van der Waals surface area contributed by atoms with Crippen molar-refractivity contribution in [2.75, 3.05) is 0 Å². The van der Waals surface area contributed by atoms with Gasteiger partial charge in [-0.1, -0.05) is 84.9 Å². The molecule has 0 unspecified atom stereocenters. The predicted molar refractivity (Wildman–Crippen MR) is 131 cm³/mol. The number of hydrazine groups is 1. The molecule has 0 aliphatic rings. The van der Waals surface area contributed by atoms with Crippen LogP contribution in [0.25, 0.3) is 43.8 Å². The van der Waals surface area contributed by atoms with Crippen molar-refractivity contribution in [3.63, 3.8) is 0 Å². The van der Waals surface area contributed by atoms with Gasteiger partial charge in [0.05, 0.1) is 11.1 Å². The smallest absolute Gasteiger partial charge is 0.336 e. The molecule has 0 aromatic heterocycles. The van der Waals surface area contributed by atoms with Gasteiger partial charge in [-0.15, -0.1) is 0 Å². The molecule has 0 bridgehead atoms. The molecule has 33 heavy (non-hydrogen) atoms. The second-order valence-corrected chi connectivity index (χ2v) is 7.75. The van der Waals surface area contributed by atoms with Crippen LogP contribution in [-0.2, 0) is 0 Å². The summed E-state index contributed by atoms with van der Waals surface area (Å²) in [6.07, 6.45) is 0. The predicted octanol–water partition coefficient (Wildman–Crippen LogP) is 5.63. The number of amides is 1. The van der Waals surface area contributed by atoms with E-state index in [2.05, 4.69) is 11.5 Å². The van der Waals surface area contributed by atoms with Crippen LogP contribution in [0, 0.1) is 0 Å². The molecule has 0 heterocycles. The molecule has 4 N–H and O–H groups in total. The van der Waals surface area contributed by atoms with Crippen molar-refractivity contribution in [3.05, 3.63) is 108 Å². The van der Waals surface area contributed by atoms with Gasteiger partial charge in [0.25, 0.3) is 5.91 Å². The molecule has 5 rings (SSSR count). The lowest BCUT2D eigenvalue weighted by atomic mass is 9.84. The van der Waals surface area contributed by atoms with Crippen molar-refractivity contribution in [1.82, 2.24) is 5.43 Å². The fraction of sp³-hybridized carbons (Fsp3) is 0. The van der Waals surface area contributed by atoms with Gasteiger partial charge in [-0.2, -0.15) is 0 Å². The molecule has 0 spiro atoms. The van der Waals surface area contributed by atoms with Crippen LogP contribution >= 0.6 is 0 Å². The van der Waals surface area contributed by atoms with Gasteiger partial charge in [-0.3, -0.25) is 10.2 Å². The zero-order valence-electron chi connectivity index (χ0n) is 17.6. The highest BCUT2D eigenvalue weighted by Crippen LogP contribution is 2.44. The van der Waals surface area contributed by atoms with E-state index < -0.39 is 11.9 Å². The minimum Gasteiger partial charge on any atom is -0.478 e. The number of carboxylic acids is 1. The first-order valence-corrected chi connectivity index (χ1v) is 10.5. The number of hydrogen-bond acceptors (Lipinski definition) is 3. The van der Waals surface area contributed by atoms with Gasteiger partial charge < -0.3 is 5.11 Å². The summed E-state index contributed by atoms with van der Waals surface area (Å²) in [7, 11) is 0. The van der Waals surface area contributed by atoms with E-state index >= 15 is 0 Å². The Morgan fingerprint density at radius 2 is 1.03 bits per heavy atom. The van der Waals surface area contributed by atoms with Crippen LogP contribution in [0.15, 0.2) is 97.1 Å². The maximum Gasteiger partial charge on any atom is 0.336 e. The Hall–Kier alpha value is -4.48. The SMILES string of the molecule is NNC(=O)c1cc2c(-c3ccccc3)c3ccccc3c(-c3ccccc3)c2cc1C(=O)O. The van der Waals surface area contributed by atoms with Crippen LogP contribution in [0.4, 0.5) is 0 Å². The van der Waals surface area contributed by atoms with E-state index in [0.29, 0.717) is 0 Å². The molecule has 0 fully saturated rings. The molecular weight excluding hydrogens is 412 g/mol. The number of fused-ring (bicyclic) bond motifs is 2. The van der Waals surface area contributed by atoms with Crippen LogP contribution in [0.2, 0.25) is 0 Å². The quantitative estimate of drug-likeness (QED) is 0.149. The van der Waals surface area contributed by atoms with E-state index in [9.17, 15) is 14.7 Å². The van der Waals surface area contributed by atoms with Gasteiger partial charge in [0, 0.05) is 0 Å². The van der Waals surface area contributed by atoms with Crippen molar-refractivity contribution < 1.29 is 14.7 Å². The number of nitrogens with one attached hydrogen (secondary N) is 1. The summed E-state index contributed by atoms with van der Waals surface area (Å²) in [5.41, 5.74) is 5.79. The summed E-state index contributed by atoms with van der Waals surface area (Å²) >= 11 is 0. The number of carbonyl (C=O) groups excluding carboxylic acids is 1. The lowest BCUT2D eigenvalue weighted by Gasteiger charge is -2.19. The first-order chi connectivity index (χ1) is 16.1. The third-order valence-electron chi connectivity index (χ3n) is 5.89. The number of aromatic carboxylic acids is 1. The molecular formula is C28H20N2O3. The van der Waals surface area contributed by atoms with Gasteiger partial charge in [0.1, 0.15) is 0 Å². The molecule has 5 heteroatoms. The normalized spacial score (nSPS) is 10.9. The number of hydrogen-bond donors (Lipinski definition) is 3. The molecule has 5 aromatic rings. The Kier molecular flexibility index (Phi) is 5.09. The molecule has 5 aromatic carbocycles. The number of rotatable bonds is 4. The summed E-state index contributed by atoms with van der Waals surface area (Å²) in [6.45, 7) is 0. The highest BCUT2D eigenvalue weighted by molar-refractivity contribution is 6.23. The zero-order valence-corrected chi connectivity index (χ0v) is 17.6. The van der Waals surface area contributed by atoms with E-state index in [1.807, 2.05) is 78.9 Å². The van der Waals surface area contributed by atoms with Crippen LogP contribution in [0.3, 0.4) is 0 Å². The third kappa shape index (κ3) is 3.41. The molecule has 0 saturated heterocycles.